The Kier molecular flexibility index (Phi) is 6.72. The number of ether oxygens (including phenoxy) is 2. The zero-order valence-corrected chi connectivity index (χ0v) is 20.2. The molecule has 2 aromatic rings. The molecule has 10 heteroatoms. The van der Waals surface area contributed by atoms with Crippen LogP contribution in [0.5, 0.6) is 5.88 Å². The van der Waals surface area contributed by atoms with Crippen molar-refractivity contribution in [1.82, 2.24) is 20.2 Å². The molecule has 32 heavy (non-hydrogen) atoms. The Hall–Kier alpha value is -2.39. The molecule has 0 saturated carbocycles. The van der Waals surface area contributed by atoms with E-state index in [0.717, 1.165) is 0 Å². The molecule has 3 rings (SSSR count). The summed E-state index contributed by atoms with van der Waals surface area (Å²) < 4.78 is 26.3. The molecule has 0 aliphatic carbocycles. The number of halogens is 2. The van der Waals surface area contributed by atoms with Crippen molar-refractivity contribution in [2.24, 2.45) is 0 Å². The molecule has 0 spiro atoms. The van der Waals surface area contributed by atoms with Crippen molar-refractivity contribution in [3.63, 3.8) is 0 Å². The summed E-state index contributed by atoms with van der Waals surface area (Å²) in [5.74, 6) is -0.804. The van der Waals surface area contributed by atoms with Gasteiger partial charge in [-0.15, -0.1) is 0 Å². The van der Waals surface area contributed by atoms with Crippen LogP contribution in [0.1, 0.15) is 45.9 Å². The Morgan fingerprint density at radius 2 is 1.97 bits per heavy atom. The molecule has 176 valence electrons. The average molecular weight is 469 g/mol. The Morgan fingerprint density at radius 1 is 1.31 bits per heavy atom. The van der Waals surface area contributed by atoms with E-state index in [2.05, 4.69) is 15.3 Å². The number of pyridine rings is 2. The van der Waals surface area contributed by atoms with Gasteiger partial charge in [-0.2, -0.15) is 4.98 Å². The molecule has 0 aromatic carbocycles. The molecule has 1 aliphatic rings. The smallest absolute Gasteiger partial charge is 0.410 e. The number of carbonyl (C=O) groups is 1. The zero-order chi connectivity index (χ0) is 24.0. The normalized spacial score (nSPS) is 20.3. The van der Waals surface area contributed by atoms with Crippen LogP contribution in [-0.4, -0.2) is 57.8 Å². The molecular formula is C22H30ClFN4O4. The van der Waals surface area contributed by atoms with Crippen molar-refractivity contribution in [2.45, 2.75) is 72.3 Å². The van der Waals surface area contributed by atoms with Gasteiger partial charge < -0.3 is 24.7 Å². The highest BCUT2D eigenvalue weighted by Crippen LogP contribution is 2.31. The van der Waals surface area contributed by atoms with Crippen molar-refractivity contribution in [1.29, 1.82) is 0 Å². The number of nitrogens with one attached hydrogen (secondary N) is 2. The number of piperazine rings is 1. The summed E-state index contributed by atoms with van der Waals surface area (Å²) in [7, 11) is 0. The van der Waals surface area contributed by atoms with Crippen LogP contribution in [0.2, 0.25) is 5.15 Å². The van der Waals surface area contributed by atoms with Crippen LogP contribution in [0.15, 0.2) is 4.79 Å². The fourth-order valence-corrected chi connectivity index (χ4v) is 3.88. The Balaban J connectivity index is 1.90. The van der Waals surface area contributed by atoms with Crippen molar-refractivity contribution < 1.29 is 18.7 Å². The lowest BCUT2D eigenvalue weighted by Gasteiger charge is -2.41. The van der Waals surface area contributed by atoms with Gasteiger partial charge >= 0.3 is 6.09 Å². The quantitative estimate of drug-likeness (QED) is 0.667. The van der Waals surface area contributed by atoms with Crippen LogP contribution in [0.25, 0.3) is 10.8 Å². The predicted molar refractivity (Wildman–Crippen MR) is 121 cm³/mol. The number of rotatable bonds is 3. The SMILES string of the molecule is Cc1[nH]c(=O)c2c(OC(C)C3CN(C(=O)OC(C)(C)C)C(C)CN3)nc(Cl)c(F)c2c1C. The molecule has 3 atom stereocenters. The van der Waals surface area contributed by atoms with E-state index >= 15 is 0 Å². The lowest BCUT2D eigenvalue weighted by molar-refractivity contribution is 0.00292. The maximum atomic E-state index is 14.7. The van der Waals surface area contributed by atoms with E-state index in [9.17, 15) is 14.0 Å². The summed E-state index contributed by atoms with van der Waals surface area (Å²) >= 11 is 6.02. The standard InChI is InChI=1S/C22H30ClFN4O4/c1-10-8-25-14(9-28(10)21(30)32-22(5,6)7)13(4)31-20-16-15(17(24)18(23)27-20)11(2)12(3)26-19(16)29/h10,13-14,25H,8-9H2,1-7H3,(H,26,29). The Labute approximate surface area is 191 Å². The van der Waals surface area contributed by atoms with Gasteiger partial charge in [-0.3, -0.25) is 4.79 Å². The second-order valence-corrected chi connectivity index (χ2v) is 9.65. The lowest BCUT2D eigenvalue weighted by atomic mass is 10.1. The summed E-state index contributed by atoms with van der Waals surface area (Å²) in [5, 5.41) is 3.08. The molecule has 0 bridgehead atoms. The largest absolute Gasteiger partial charge is 0.472 e. The van der Waals surface area contributed by atoms with Crippen molar-refractivity contribution in [3.8, 4) is 5.88 Å². The van der Waals surface area contributed by atoms with Gasteiger partial charge in [0.1, 0.15) is 17.1 Å². The van der Waals surface area contributed by atoms with E-state index in [1.807, 2.05) is 27.7 Å². The van der Waals surface area contributed by atoms with Gasteiger partial charge in [-0.1, -0.05) is 11.6 Å². The van der Waals surface area contributed by atoms with E-state index in [1.165, 1.54) is 0 Å². The highest BCUT2D eigenvalue weighted by Gasteiger charge is 2.35. The molecule has 1 saturated heterocycles. The van der Waals surface area contributed by atoms with Crippen LogP contribution in [0.4, 0.5) is 9.18 Å². The number of amides is 1. The van der Waals surface area contributed by atoms with Crippen molar-refractivity contribution >= 4 is 28.5 Å². The van der Waals surface area contributed by atoms with Gasteiger partial charge in [0.05, 0.1) is 6.04 Å². The fraction of sp³-hybridized carbons (Fsp3) is 0.591. The summed E-state index contributed by atoms with van der Waals surface area (Å²) in [6, 6.07) is -0.342. The highest BCUT2D eigenvalue weighted by molar-refractivity contribution is 6.30. The molecule has 1 amide bonds. The number of hydrogen-bond donors (Lipinski definition) is 2. The van der Waals surface area contributed by atoms with Crippen LogP contribution < -0.4 is 15.6 Å². The molecule has 2 aromatic heterocycles. The molecular weight excluding hydrogens is 439 g/mol. The highest BCUT2D eigenvalue weighted by atomic mass is 35.5. The van der Waals surface area contributed by atoms with Crippen LogP contribution in [0.3, 0.4) is 0 Å². The van der Waals surface area contributed by atoms with Crippen LogP contribution >= 0.6 is 11.6 Å². The molecule has 3 unspecified atom stereocenters. The fourth-order valence-electron chi connectivity index (χ4n) is 3.71. The van der Waals surface area contributed by atoms with E-state index in [0.29, 0.717) is 24.3 Å². The van der Waals surface area contributed by atoms with Gasteiger partial charge in [0.25, 0.3) is 5.56 Å². The second-order valence-electron chi connectivity index (χ2n) is 9.30. The third-order valence-corrected chi connectivity index (χ3v) is 5.87. The van der Waals surface area contributed by atoms with Crippen molar-refractivity contribution in [2.75, 3.05) is 13.1 Å². The number of H-pyrrole nitrogens is 1. The molecule has 2 N–H and O–H groups in total. The number of carbonyl (C=O) groups excluding carboxylic acids is 1. The summed E-state index contributed by atoms with van der Waals surface area (Å²) in [5.41, 5.74) is -0.0171. The van der Waals surface area contributed by atoms with Crippen LogP contribution in [-0.2, 0) is 4.74 Å². The first-order chi connectivity index (χ1) is 14.8. The van der Waals surface area contributed by atoms with E-state index < -0.39 is 29.2 Å². The third-order valence-electron chi connectivity index (χ3n) is 5.62. The minimum atomic E-state index is -0.755. The third kappa shape index (κ3) is 4.83. The molecule has 1 aliphatic heterocycles. The number of fused-ring (bicyclic) bond motifs is 1. The average Bonchev–Trinajstić information content (AvgIpc) is 2.67. The Morgan fingerprint density at radius 3 is 2.59 bits per heavy atom. The van der Waals surface area contributed by atoms with E-state index in [1.54, 1.807) is 25.7 Å². The van der Waals surface area contributed by atoms with E-state index in [4.69, 9.17) is 21.1 Å². The van der Waals surface area contributed by atoms with E-state index in [-0.39, 0.29) is 33.9 Å². The summed E-state index contributed by atoms with van der Waals surface area (Å²) in [4.78, 5) is 33.6. The van der Waals surface area contributed by atoms with Gasteiger partial charge in [0.2, 0.25) is 5.88 Å². The second kappa shape index (κ2) is 8.86. The van der Waals surface area contributed by atoms with Gasteiger partial charge in [-0.05, 0) is 54.0 Å². The van der Waals surface area contributed by atoms with Gasteiger partial charge in [-0.25, -0.2) is 9.18 Å². The topological polar surface area (TPSA) is 96.6 Å². The Bertz CT molecular complexity index is 1090. The first kappa shape index (κ1) is 24.3. The minimum Gasteiger partial charge on any atom is -0.472 e. The summed E-state index contributed by atoms with van der Waals surface area (Å²) in [6.45, 7) is 13.4. The first-order valence-corrected chi connectivity index (χ1v) is 11.0. The van der Waals surface area contributed by atoms with Crippen LogP contribution in [0, 0.1) is 19.7 Å². The molecule has 0 radical (unpaired) electrons. The predicted octanol–water partition coefficient (Wildman–Crippen LogP) is 3.70. The molecule has 1 fully saturated rings. The number of nitrogens with zero attached hydrogens (tertiary/aromatic N) is 2. The number of aromatic nitrogens is 2. The van der Waals surface area contributed by atoms with Gasteiger partial charge in [0.15, 0.2) is 11.0 Å². The lowest BCUT2D eigenvalue weighted by Crippen LogP contribution is -2.61. The van der Waals surface area contributed by atoms with Gasteiger partial charge in [0, 0.05) is 30.2 Å². The zero-order valence-electron chi connectivity index (χ0n) is 19.4. The minimum absolute atomic E-state index is 0.00928. The first-order valence-electron chi connectivity index (χ1n) is 10.6. The number of aryl methyl sites for hydroxylation is 2. The maximum Gasteiger partial charge on any atom is 0.410 e. The maximum absolute atomic E-state index is 14.7. The molecule has 3 heterocycles. The number of aromatic amines is 1. The molecule has 8 nitrogen and oxygen atoms in total. The summed E-state index contributed by atoms with van der Waals surface area (Å²) in [6.07, 6.45) is -0.912. The van der Waals surface area contributed by atoms with Crippen molar-refractivity contribution in [3.05, 3.63) is 32.6 Å². The monoisotopic (exact) mass is 468 g/mol. The number of hydrogen-bond acceptors (Lipinski definition) is 6.